The van der Waals surface area contributed by atoms with Crippen molar-refractivity contribution in [3.05, 3.63) is 95.4 Å². The molecule has 0 unspecified atom stereocenters. The largest absolute Gasteiger partial charge is 0.472 e. The van der Waals surface area contributed by atoms with Crippen molar-refractivity contribution in [2.45, 2.75) is 19.6 Å². The Balaban J connectivity index is 1.27. The number of rotatable bonds is 7. The van der Waals surface area contributed by atoms with Gasteiger partial charge < -0.3 is 24.4 Å². The minimum atomic E-state index is -0.326. The topological polar surface area (TPSA) is 98.7 Å². The molecule has 0 atom stereocenters. The van der Waals surface area contributed by atoms with E-state index in [2.05, 4.69) is 26.3 Å². The number of carbonyl (C=O) groups is 1. The molecule has 0 bridgehead atoms. The van der Waals surface area contributed by atoms with E-state index < -0.39 is 0 Å². The molecular formula is C27H23N5O4. The van der Waals surface area contributed by atoms with Crippen molar-refractivity contribution in [3.63, 3.8) is 0 Å². The summed E-state index contributed by atoms with van der Waals surface area (Å²) in [6.45, 7) is 1.49. The van der Waals surface area contributed by atoms with Gasteiger partial charge in [0.25, 0.3) is 5.91 Å². The molecule has 0 radical (unpaired) electrons. The third kappa shape index (κ3) is 4.38. The van der Waals surface area contributed by atoms with Crippen LogP contribution in [0, 0.1) is 0 Å². The Morgan fingerprint density at radius 2 is 1.94 bits per heavy atom. The number of pyridine rings is 1. The van der Waals surface area contributed by atoms with Crippen molar-refractivity contribution >= 4 is 17.5 Å². The van der Waals surface area contributed by atoms with Crippen LogP contribution >= 0.6 is 0 Å². The molecule has 0 spiro atoms. The normalized spacial score (nSPS) is 13.4. The Labute approximate surface area is 207 Å². The Morgan fingerprint density at radius 3 is 2.86 bits per heavy atom. The van der Waals surface area contributed by atoms with E-state index in [9.17, 15) is 4.79 Å². The zero-order valence-electron chi connectivity index (χ0n) is 19.4. The van der Waals surface area contributed by atoms with Crippen LogP contribution in [0.15, 0.2) is 73.2 Å². The second-order valence-corrected chi connectivity index (χ2v) is 8.44. The van der Waals surface area contributed by atoms with Gasteiger partial charge in [-0.25, -0.2) is 4.98 Å². The number of anilines is 2. The fraction of sp³-hybridized carbons (Fsp3) is 0.185. The van der Waals surface area contributed by atoms with Gasteiger partial charge in [0.05, 0.1) is 0 Å². The van der Waals surface area contributed by atoms with E-state index in [1.54, 1.807) is 12.4 Å². The molecule has 1 N–H and O–H groups in total. The van der Waals surface area contributed by atoms with Crippen molar-refractivity contribution in [1.82, 2.24) is 20.3 Å². The number of para-hydroxylation sites is 1. The van der Waals surface area contributed by atoms with Gasteiger partial charge in [0.1, 0.15) is 12.2 Å². The lowest BCUT2D eigenvalue weighted by Crippen LogP contribution is -2.25. The molecule has 2 aromatic heterocycles. The molecule has 36 heavy (non-hydrogen) atoms. The maximum atomic E-state index is 13.1. The number of nitrogens with one attached hydrogen (secondary N) is 1. The first-order valence-electron chi connectivity index (χ1n) is 11.7. The van der Waals surface area contributed by atoms with Gasteiger partial charge in [0, 0.05) is 37.4 Å². The molecule has 1 amide bonds. The Bertz CT molecular complexity index is 1410. The van der Waals surface area contributed by atoms with Crippen molar-refractivity contribution < 1.29 is 19.0 Å². The summed E-state index contributed by atoms with van der Waals surface area (Å²) in [6.07, 6.45) is 5.83. The molecule has 0 saturated carbocycles. The standard InChI is InChI=1S/C27H23N5O4/c33-25(29-14-19-4-3-10-28-13-19)21-15-30-27(32-11-9-20-5-1-2-6-22(20)32)31-26(21)34-16-18-7-8-23-24(12-18)36-17-35-23/h1-8,10,12-13,15H,9,11,14,16-17H2,(H,29,33). The molecule has 9 nitrogen and oxygen atoms in total. The summed E-state index contributed by atoms with van der Waals surface area (Å²) in [6, 6.07) is 17.5. The summed E-state index contributed by atoms with van der Waals surface area (Å²) in [7, 11) is 0. The number of ether oxygens (including phenoxy) is 3. The van der Waals surface area contributed by atoms with Crippen LogP contribution in [0.25, 0.3) is 0 Å². The van der Waals surface area contributed by atoms with Crippen LogP contribution < -0.4 is 24.4 Å². The van der Waals surface area contributed by atoms with Crippen LogP contribution in [0.5, 0.6) is 17.4 Å². The Kier molecular flexibility index (Phi) is 5.79. The maximum Gasteiger partial charge on any atom is 0.258 e. The third-order valence-electron chi connectivity index (χ3n) is 6.10. The molecule has 6 rings (SSSR count). The minimum absolute atomic E-state index is 0.201. The maximum absolute atomic E-state index is 13.1. The summed E-state index contributed by atoms with van der Waals surface area (Å²) in [5, 5.41) is 2.90. The highest BCUT2D eigenvalue weighted by atomic mass is 16.7. The molecule has 180 valence electrons. The number of carbonyl (C=O) groups excluding carboxylic acids is 1. The summed E-state index contributed by atoms with van der Waals surface area (Å²) in [4.78, 5) is 28.4. The molecule has 2 aliphatic heterocycles. The zero-order chi connectivity index (χ0) is 24.3. The number of amides is 1. The van der Waals surface area contributed by atoms with E-state index in [4.69, 9.17) is 14.2 Å². The molecule has 9 heteroatoms. The Hall–Kier alpha value is -4.66. The van der Waals surface area contributed by atoms with Gasteiger partial charge in [0.2, 0.25) is 18.6 Å². The van der Waals surface area contributed by atoms with Crippen LogP contribution in [0.4, 0.5) is 11.6 Å². The van der Waals surface area contributed by atoms with Gasteiger partial charge in [0.15, 0.2) is 11.5 Å². The van der Waals surface area contributed by atoms with E-state index in [0.29, 0.717) is 24.0 Å². The lowest BCUT2D eigenvalue weighted by Gasteiger charge is -2.19. The van der Waals surface area contributed by atoms with Crippen LogP contribution in [0.1, 0.15) is 27.0 Å². The average molecular weight is 482 g/mol. The van der Waals surface area contributed by atoms with Crippen molar-refractivity contribution in [1.29, 1.82) is 0 Å². The average Bonchev–Trinajstić information content (AvgIpc) is 3.58. The third-order valence-corrected chi connectivity index (χ3v) is 6.10. The molecule has 0 saturated heterocycles. The molecule has 0 fully saturated rings. The van der Waals surface area contributed by atoms with E-state index in [1.165, 1.54) is 11.8 Å². The van der Waals surface area contributed by atoms with E-state index in [1.807, 2.05) is 53.4 Å². The molecule has 4 aromatic rings. The fourth-order valence-electron chi connectivity index (χ4n) is 4.26. The number of aromatic nitrogens is 3. The number of hydrogen-bond acceptors (Lipinski definition) is 8. The monoisotopic (exact) mass is 481 g/mol. The van der Waals surface area contributed by atoms with Gasteiger partial charge in [-0.1, -0.05) is 30.3 Å². The molecule has 2 aromatic carbocycles. The van der Waals surface area contributed by atoms with Gasteiger partial charge in [-0.3, -0.25) is 9.78 Å². The first-order chi connectivity index (χ1) is 17.7. The van der Waals surface area contributed by atoms with Crippen molar-refractivity contribution in [2.24, 2.45) is 0 Å². The van der Waals surface area contributed by atoms with Gasteiger partial charge in [-0.05, 0) is 47.4 Å². The SMILES string of the molecule is O=C(NCc1cccnc1)c1cnc(N2CCc3ccccc32)nc1OCc1ccc2c(c1)OCO2. The van der Waals surface area contributed by atoms with Crippen LogP contribution in [-0.4, -0.2) is 34.2 Å². The highest BCUT2D eigenvalue weighted by Crippen LogP contribution is 2.35. The first-order valence-corrected chi connectivity index (χ1v) is 11.7. The Morgan fingerprint density at radius 1 is 1.03 bits per heavy atom. The lowest BCUT2D eigenvalue weighted by molar-refractivity contribution is 0.0945. The molecule has 2 aliphatic rings. The van der Waals surface area contributed by atoms with E-state index >= 15 is 0 Å². The van der Waals surface area contributed by atoms with Gasteiger partial charge >= 0.3 is 0 Å². The van der Waals surface area contributed by atoms with Crippen LogP contribution in [-0.2, 0) is 19.6 Å². The quantitative estimate of drug-likeness (QED) is 0.426. The van der Waals surface area contributed by atoms with E-state index in [0.717, 1.165) is 29.8 Å². The molecular weight excluding hydrogens is 458 g/mol. The van der Waals surface area contributed by atoms with Crippen LogP contribution in [0.3, 0.4) is 0 Å². The predicted octanol–water partition coefficient (Wildman–Crippen LogP) is 3.80. The highest BCUT2D eigenvalue weighted by Gasteiger charge is 2.25. The van der Waals surface area contributed by atoms with Crippen molar-refractivity contribution in [3.8, 4) is 17.4 Å². The second kappa shape index (κ2) is 9.53. The van der Waals surface area contributed by atoms with Gasteiger partial charge in [-0.2, -0.15) is 4.98 Å². The number of benzene rings is 2. The zero-order valence-corrected chi connectivity index (χ0v) is 19.4. The smallest absolute Gasteiger partial charge is 0.258 e. The lowest BCUT2D eigenvalue weighted by atomic mass is 10.2. The fourth-order valence-corrected chi connectivity index (χ4v) is 4.26. The summed E-state index contributed by atoms with van der Waals surface area (Å²) >= 11 is 0. The highest BCUT2D eigenvalue weighted by molar-refractivity contribution is 5.96. The van der Waals surface area contributed by atoms with Crippen LogP contribution in [0.2, 0.25) is 0 Å². The summed E-state index contributed by atoms with van der Waals surface area (Å²) < 4.78 is 16.9. The second-order valence-electron chi connectivity index (χ2n) is 8.44. The first kappa shape index (κ1) is 21.8. The van der Waals surface area contributed by atoms with Crippen molar-refractivity contribution in [2.75, 3.05) is 18.2 Å². The number of fused-ring (bicyclic) bond motifs is 2. The predicted molar refractivity (Wildman–Crippen MR) is 131 cm³/mol. The number of nitrogens with zero attached hydrogens (tertiary/aromatic N) is 4. The molecule has 4 heterocycles. The molecule has 0 aliphatic carbocycles. The minimum Gasteiger partial charge on any atom is -0.472 e. The summed E-state index contributed by atoms with van der Waals surface area (Å²) in [5.74, 6) is 1.75. The van der Waals surface area contributed by atoms with E-state index in [-0.39, 0.29) is 30.8 Å². The number of hydrogen-bond donors (Lipinski definition) is 1. The van der Waals surface area contributed by atoms with Gasteiger partial charge in [-0.15, -0.1) is 0 Å². The summed E-state index contributed by atoms with van der Waals surface area (Å²) in [5.41, 5.74) is 4.32.